The number of imidazole rings is 1. The number of nitriles is 1. The zero-order valence-electron chi connectivity index (χ0n) is 10.0. The lowest BCUT2D eigenvalue weighted by atomic mass is 10.2. The molecular weight excluding hydrogens is 214 g/mol. The Labute approximate surface area is 100 Å². The molecule has 4 nitrogen and oxygen atoms in total. The maximum Gasteiger partial charge on any atom is 0.109 e. The van der Waals surface area contributed by atoms with E-state index in [-0.39, 0.29) is 6.10 Å². The highest BCUT2D eigenvalue weighted by molar-refractivity contribution is 5.77. The van der Waals surface area contributed by atoms with Crippen LogP contribution >= 0.6 is 0 Å². The van der Waals surface area contributed by atoms with Gasteiger partial charge in [0.25, 0.3) is 0 Å². The quantitative estimate of drug-likeness (QED) is 0.872. The third kappa shape index (κ3) is 2.29. The molecule has 0 bridgehead atoms. The fraction of sp³-hybridized carbons (Fsp3) is 0.385. The summed E-state index contributed by atoms with van der Waals surface area (Å²) in [6, 6.07) is 7.60. The van der Waals surface area contributed by atoms with Crippen molar-refractivity contribution in [3.8, 4) is 6.07 Å². The van der Waals surface area contributed by atoms with Crippen LogP contribution in [0.1, 0.15) is 24.7 Å². The second-order valence-corrected chi connectivity index (χ2v) is 4.29. The van der Waals surface area contributed by atoms with Gasteiger partial charge in [-0.2, -0.15) is 5.26 Å². The lowest BCUT2D eigenvalue weighted by molar-refractivity contribution is 0.184. The van der Waals surface area contributed by atoms with Gasteiger partial charge in [0, 0.05) is 13.5 Å². The lowest BCUT2D eigenvalue weighted by Gasteiger charge is -2.04. The Morgan fingerprint density at radius 3 is 2.94 bits per heavy atom. The van der Waals surface area contributed by atoms with Crippen molar-refractivity contribution in [2.24, 2.45) is 7.05 Å². The van der Waals surface area contributed by atoms with Crippen LogP contribution in [0.15, 0.2) is 18.2 Å². The molecule has 1 N–H and O–H groups in total. The van der Waals surface area contributed by atoms with Gasteiger partial charge in [-0.25, -0.2) is 4.98 Å². The van der Waals surface area contributed by atoms with Gasteiger partial charge in [0.1, 0.15) is 5.82 Å². The zero-order chi connectivity index (χ0) is 12.4. The van der Waals surface area contributed by atoms with Crippen molar-refractivity contribution < 1.29 is 5.11 Å². The third-order valence-electron chi connectivity index (χ3n) is 2.89. The van der Waals surface area contributed by atoms with Gasteiger partial charge in [0.2, 0.25) is 0 Å². The molecule has 0 aliphatic carbocycles. The van der Waals surface area contributed by atoms with Gasteiger partial charge >= 0.3 is 0 Å². The number of aliphatic hydroxyl groups excluding tert-OH is 1. The SMILES string of the molecule is CC(O)CCc1nc2ccc(C#N)cc2n1C. The fourth-order valence-electron chi connectivity index (χ4n) is 1.87. The Morgan fingerprint density at radius 1 is 1.53 bits per heavy atom. The second kappa shape index (κ2) is 4.56. The number of aryl methyl sites for hydroxylation is 2. The van der Waals surface area contributed by atoms with E-state index in [9.17, 15) is 5.11 Å². The van der Waals surface area contributed by atoms with Gasteiger partial charge in [0.15, 0.2) is 0 Å². The molecular formula is C13H15N3O. The van der Waals surface area contributed by atoms with E-state index in [1.165, 1.54) is 0 Å². The number of aromatic nitrogens is 2. The lowest BCUT2D eigenvalue weighted by Crippen LogP contribution is -2.05. The van der Waals surface area contributed by atoms with Crippen molar-refractivity contribution in [1.29, 1.82) is 5.26 Å². The maximum absolute atomic E-state index is 9.28. The first-order valence-electron chi connectivity index (χ1n) is 5.65. The number of rotatable bonds is 3. The molecule has 2 rings (SSSR count). The van der Waals surface area contributed by atoms with Crippen LogP contribution in [0.2, 0.25) is 0 Å². The number of hydrogen-bond acceptors (Lipinski definition) is 3. The average Bonchev–Trinajstić information content (AvgIpc) is 2.63. The fourth-order valence-corrected chi connectivity index (χ4v) is 1.87. The number of aliphatic hydroxyl groups is 1. The largest absolute Gasteiger partial charge is 0.393 e. The molecule has 1 heterocycles. The smallest absolute Gasteiger partial charge is 0.109 e. The standard InChI is InChI=1S/C13H15N3O/c1-9(17)3-6-13-15-11-5-4-10(8-14)7-12(11)16(13)2/h4-5,7,9,17H,3,6H2,1-2H3. The molecule has 0 radical (unpaired) electrons. The molecule has 0 amide bonds. The molecule has 4 heteroatoms. The summed E-state index contributed by atoms with van der Waals surface area (Å²) in [5.41, 5.74) is 2.50. The van der Waals surface area contributed by atoms with Crippen LogP contribution in [0.5, 0.6) is 0 Å². The molecule has 1 aromatic carbocycles. The monoisotopic (exact) mass is 229 g/mol. The van der Waals surface area contributed by atoms with Crippen molar-refractivity contribution >= 4 is 11.0 Å². The molecule has 88 valence electrons. The molecule has 0 saturated heterocycles. The highest BCUT2D eigenvalue weighted by atomic mass is 16.3. The van der Waals surface area contributed by atoms with Crippen LogP contribution in [0.3, 0.4) is 0 Å². The molecule has 1 aromatic heterocycles. The average molecular weight is 229 g/mol. The van der Waals surface area contributed by atoms with E-state index in [1.807, 2.05) is 23.7 Å². The van der Waals surface area contributed by atoms with Crippen molar-refractivity contribution in [1.82, 2.24) is 9.55 Å². The van der Waals surface area contributed by atoms with Crippen molar-refractivity contribution in [2.75, 3.05) is 0 Å². The van der Waals surface area contributed by atoms with Gasteiger partial charge in [-0.1, -0.05) is 0 Å². The highest BCUT2D eigenvalue weighted by Gasteiger charge is 2.09. The van der Waals surface area contributed by atoms with Crippen LogP contribution in [0, 0.1) is 11.3 Å². The summed E-state index contributed by atoms with van der Waals surface area (Å²) in [7, 11) is 1.94. The summed E-state index contributed by atoms with van der Waals surface area (Å²) in [5.74, 6) is 0.941. The van der Waals surface area contributed by atoms with E-state index >= 15 is 0 Å². The maximum atomic E-state index is 9.28. The molecule has 0 fully saturated rings. The Kier molecular flexibility index (Phi) is 3.12. The second-order valence-electron chi connectivity index (χ2n) is 4.29. The first kappa shape index (κ1) is 11.6. The van der Waals surface area contributed by atoms with E-state index in [2.05, 4.69) is 11.1 Å². The summed E-state index contributed by atoms with van der Waals surface area (Å²) >= 11 is 0. The van der Waals surface area contributed by atoms with Gasteiger partial charge in [-0.15, -0.1) is 0 Å². The minimum absolute atomic E-state index is 0.315. The zero-order valence-corrected chi connectivity index (χ0v) is 10.0. The molecule has 1 unspecified atom stereocenters. The van der Waals surface area contributed by atoms with Gasteiger partial charge in [0.05, 0.1) is 28.8 Å². The van der Waals surface area contributed by atoms with E-state index < -0.39 is 0 Å². The van der Waals surface area contributed by atoms with Gasteiger partial charge in [-0.05, 0) is 31.5 Å². The number of hydrogen-bond donors (Lipinski definition) is 1. The van der Waals surface area contributed by atoms with Crippen molar-refractivity contribution in [3.05, 3.63) is 29.6 Å². The van der Waals surface area contributed by atoms with Crippen molar-refractivity contribution in [2.45, 2.75) is 25.9 Å². The predicted molar refractivity (Wildman–Crippen MR) is 65.4 cm³/mol. The minimum Gasteiger partial charge on any atom is -0.393 e. The normalized spacial score (nSPS) is 12.6. The summed E-state index contributed by atoms with van der Waals surface area (Å²) < 4.78 is 1.98. The van der Waals surface area contributed by atoms with Crippen LogP contribution < -0.4 is 0 Å². The Balaban J connectivity index is 2.39. The number of nitrogens with zero attached hydrogens (tertiary/aromatic N) is 3. The predicted octanol–water partition coefficient (Wildman–Crippen LogP) is 1.76. The number of benzene rings is 1. The van der Waals surface area contributed by atoms with E-state index in [4.69, 9.17) is 5.26 Å². The number of fused-ring (bicyclic) bond motifs is 1. The molecule has 17 heavy (non-hydrogen) atoms. The summed E-state index contributed by atoms with van der Waals surface area (Å²) in [5, 5.41) is 18.1. The molecule has 0 aliphatic rings. The van der Waals surface area contributed by atoms with Crippen LogP contribution in [-0.4, -0.2) is 20.8 Å². The minimum atomic E-state index is -0.315. The van der Waals surface area contributed by atoms with Gasteiger partial charge < -0.3 is 9.67 Å². The highest BCUT2D eigenvalue weighted by Crippen LogP contribution is 2.17. The van der Waals surface area contributed by atoms with Crippen LogP contribution in [0.4, 0.5) is 0 Å². The Bertz CT molecular complexity index is 578. The topological polar surface area (TPSA) is 61.8 Å². The first-order valence-corrected chi connectivity index (χ1v) is 5.65. The molecule has 0 spiro atoms. The van der Waals surface area contributed by atoms with E-state index in [0.717, 1.165) is 23.3 Å². The molecule has 0 saturated carbocycles. The molecule has 1 atom stereocenters. The van der Waals surface area contributed by atoms with E-state index in [1.54, 1.807) is 13.0 Å². The summed E-state index contributed by atoms with van der Waals surface area (Å²) in [6.45, 7) is 1.77. The Hall–Kier alpha value is -1.86. The van der Waals surface area contributed by atoms with Crippen LogP contribution in [0.25, 0.3) is 11.0 Å². The molecule has 0 aliphatic heterocycles. The first-order chi connectivity index (χ1) is 8.11. The summed E-state index contributed by atoms with van der Waals surface area (Å²) in [4.78, 5) is 4.50. The van der Waals surface area contributed by atoms with Gasteiger partial charge in [-0.3, -0.25) is 0 Å². The van der Waals surface area contributed by atoms with Crippen molar-refractivity contribution in [3.63, 3.8) is 0 Å². The third-order valence-corrected chi connectivity index (χ3v) is 2.89. The van der Waals surface area contributed by atoms with Crippen LogP contribution in [-0.2, 0) is 13.5 Å². The molecule has 2 aromatic rings. The Morgan fingerprint density at radius 2 is 2.29 bits per heavy atom. The summed E-state index contributed by atoms with van der Waals surface area (Å²) in [6.07, 6.45) is 1.12. The van der Waals surface area contributed by atoms with E-state index in [0.29, 0.717) is 12.0 Å².